The summed E-state index contributed by atoms with van der Waals surface area (Å²) in [6.07, 6.45) is 11.7. The highest BCUT2D eigenvalue weighted by Crippen LogP contribution is 2.16. The van der Waals surface area contributed by atoms with Gasteiger partial charge in [0, 0.05) is 6.42 Å². The Bertz CT molecular complexity index is 247. The molecule has 0 aromatic carbocycles. The van der Waals surface area contributed by atoms with Crippen molar-refractivity contribution in [3.05, 3.63) is 0 Å². The van der Waals surface area contributed by atoms with Gasteiger partial charge in [0.15, 0.2) is 0 Å². The number of ether oxygens (including phenoxy) is 1. The molecule has 1 rings (SSSR count). The minimum Gasteiger partial charge on any atom is -0.465 e. The Balaban J connectivity index is 1.90. The van der Waals surface area contributed by atoms with Crippen molar-refractivity contribution >= 4 is 5.97 Å². The topological polar surface area (TPSA) is 29.5 Å². The van der Waals surface area contributed by atoms with E-state index in [4.69, 9.17) is 4.74 Å². The van der Waals surface area contributed by atoms with Gasteiger partial charge < -0.3 is 9.64 Å². The maximum absolute atomic E-state index is 11.7. The molecule has 0 amide bonds. The van der Waals surface area contributed by atoms with E-state index in [0.717, 1.165) is 19.5 Å². The Kier molecular flexibility index (Phi) is 9.73. The van der Waals surface area contributed by atoms with Crippen LogP contribution in [0.5, 0.6) is 0 Å². The Morgan fingerprint density at radius 2 is 1.65 bits per heavy atom. The third-order valence-corrected chi connectivity index (χ3v) is 4.30. The molecule has 0 aromatic heterocycles. The van der Waals surface area contributed by atoms with Crippen LogP contribution in [0.15, 0.2) is 0 Å². The van der Waals surface area contributed by atoms with Crippen LogP contribution in [0.4, 0.5) is 0 Å². The van der Waals surface area contributed by atoms with Crippen LogP contribution in [0, 0.1) is 5.92 Å². The van der Waals surface area contributed by atoms with E-state index < -0.39 is 0 Å². The molecule has 0 N–H and O–H groups in total. The first-order valence-electron chi connectivity index (χ1n) is 8.56. The summed E-state index contributed by atoms with van der Waals surface area (Å²) >= 11 is 0. The van der Waals surface area contributed by atoms with Gasteiger partial charge in [-0.15, -0.1) is 0 Å². The molecule has 118 valence electrons. The maximum Gasteiger partial charge on any atom is 0.305 e. The van der Waals surface area contributed by atoms with Gasteiger partial charge in [-0.05, 0) is 45.3 Å². The van der Waals surface area contributed by atoms with E-state index in [-0.39, 0.29) is 5.97 Å². The second-order valence-electron chi connectivity index (χ2n) is 6.30. The zero-order valence-corrected chi connectivity index (χ0v) is 13.5. The minimum absolute atomic E-state index is 0.0116. The molecule has 20 heavy (non-hydrogen) atoms. The number of piperidine rings is 1. The molecule has 0 aromatic rings. The zero-order chi connectivity index (χ0) is 14.6. The molecule has 3 nitrogen and oxygen atoms in total. The predicted octanol–water partition coefficient (Wildman–Crippen LogP) is 4.01. The van der Waals surface area contributed by atoms with E-state index in [9.17, 15) is 4.79 Å². The van der Waals surface area contributed by atoms with Crippen molar-refractivity contribution in [1.29, 1.82) is 0 Å². The van der Waals surface area contributed by atoms with Gasteiger partial charge in [-0.3, -0.25) is 4.79 Å². The summed E-state index contributed by atoms with van der Waals surface area (Å²) < 4.78 is 5.40. The van der Waals surface area contributed by atoms with Gasteiger partial charge >= 0.3 is 5.97 Å². The van der Waals surface area contributed by atoms with E-state index in [1.54, 1.807) is 0 Å². The van der Waals surface area contributed by atoms with Gasteiger partial charge in [0.05, 0.1) is 6.61 Å². The van der Waals surface area contributed by atoms with Crippen LogP contribution >= 0.6 is 0 Å². The molecule has 1 fully saturated rings. The van der Waals surface area contributed by atoms with Crippen molar-refractivity contribution in [3.63, 3.8) is 0 Å². The highest BCUT2D eigenvalue weighted by Gasteiger charge is 2.17. The summed E-state index contributed by atoms with van der Waals surface area (Å²) in [5.74, 6) is 0.599. The number of esters is 1. The molecule has 0 saturated carbocycles. The van der Waals surface area contributed by atoms with Crippen LogP contribution in [-0.2, 0) is 9.53 Å². The molecule has 0 atom stereocenters. The van der Waals surface area contributed by atoms with Crippen molar-refractivity contribution in [2.45, 2.75) is 71.1 Å². The molecule has 1 aliphatic rings. The lowest BCUT2D eigenvalue weighted by Gasteiger charge is -2.28. The molecule has 0 aliphatic carbocycles. The predicted molar refractivity (Wildman–Crippen MR) is 83.8 cm³/mol. The van der Waals surface area contributed by atoms with Crippen molar-refractivity contribution < 1.29 is 9.53 Å². The lowest BCUT2D eigenvalue weighted by atomic mass is 9.98. The molecule has 0 radical (unpaired) electrons. The number of hydrogen-bond donors (Lipinski definition) is 0. The van der Waals surface area contributed by atoms with Crippen LogP contribution in [0.3, 0.4) is 0 Å². The number of carbonyl (C=O) groups excluding carboxylic acids is 1. The third kappa shape index (κ3) is 8.57. The van der Waals surface area contributed by atoms with E-state index >= 15 is 0 Å². The third-order valence-electron chi connectivity index (χ3n) is 4.30. The molecule has 1 aliphatic heterocycles. The molecular weight excluding hydrogens is 250 g/mol. The highest BCUT2D eigenvalue weighted by atomic mass is 16.5. The Morgan fingerprint density at radius 1 is 1.05 bits per heavy atom. The van der Waals surface area contributed by atoms with Crippen LogP contribution < -0.4 is 0 Å². The minimum atomic E-state index is 0.0116. The van der Waals surface area contributed by atoms with Crippen LogP contribution in [0.1, 0.15) is 71.1 Å². The smallest absolute Gasteiger partial charge is 0.305 e. The first-order chi connectivity index (χ1) is 9.72. The van der Waals surface area contributed by atoms with Crippen molar-refractivity contribution in [1.82, 2.24) is 4.90 Å². The first kappa shape index (κ1) is 17.5. The van der Waals surface area contributed by atoms with Gasteiger partial charge in [-0.1, -0.05) is 45.4 Å². The summed E-state index contributed by atoms with van der Waals surface area (Å²) in [6, 6.07) is 0. The Morgan fingerprint density at radius 3 is 2.30 bits per heavy atom. The summed E-state index contributed by atoms with van der Waals surface area (Å²) in [5.41, 5.74) is 0. The van der Waals surface area contributed by atoms with Gasteiger partial charge in [-0.2, -0.15) is 0 Å². The summed E-state index contributed by atoms with van der Waals surface area (Å²) in [6.45, 7) is 5.16. The van der Waals surface area contributed by atoms with Crippen molar-refractivity contribution in [2.24, 2.45) is 5.92 Å². The number of carbonyl (C=O) groups is 1. The Labute approximate surface area is 125 Å². The molecule has 1 heterocycles. The normalized spacial score (nSPS) is 17.3. The number of likely N-dealkylation sites (tertiary alicyclic amines) is 1. The second kappa shape index (κ2) is 11.1. The molecule has 1 saturated heterocycles. The zero-order valence-electron chi connectivity index (χ0n) is 13.5. The van der Waals surface area contributed by atoms with Crippen LogP contribution in [0.25, 0.3) is 0 Å². The summed E-state index contributed by atoms with van der Waals surface area (Å²) in [5, 5.41) is 0. The average molecular weight is 283 g/mol. The molecule has 0 spiro atoms. The first-order valence-corrected chi connectivity index (χ1v) is 8.56. The number of hydrogen-bond acceptors (Lipinski definition) is 3. The van der Waals surface area contributed by atoms with E-state index in [1.807, 2.05) is 0 Å². The summed E-state index contributed by atoms with van der Waals surface area (Å²) in [7, 11) is 2.16. The number of nitrogens with zero attached hydrogens (tertiary/aromatic N) is 1. The fourth-order valence-electron chi connectivity index (χ4n) is 2.74. The quantitative estimate of drug-likeness (QED) is 0.448. The lowest BCUT2D eigenvalue weighted by Crippen LogP contribution is -2.32. The maximum atomic E-state index is 11.7. The van der Waals surface area contributed by atoms with Crippen LogP contribution in [0.2, 0.25) is 0 Å². The summed E-state index contributed by atoms with van der Waals surface area (Å²) in [4.78, 5) is 14.0. The van der Waals surface area contributed by atoms with Gasteiger partial charge in [-0.25, -0.2) is 0 Å². The highest BCUT2D eigenvalue weighted by molar-refractivity contribution is 5.69. The van der Waals surface area contributed by atoms with Gasteiger partial charge in [0.1, 0.15) is 0 Å². The second-order valence-corrected chi connectivity index (χ2v) is 6.30. The fraction of sp³-hybridized carbons (Fsp3) is 0.941. The monoisotopic (exact) mass is 283 g/mol. The SMILES string of the molecule is CCCCCCCCCC(=O)OCC1CCN(C)CC1. The largest absolute Gasteiger partial charge is 0.465 e. The number of unbranched alkanes of at least 4 members (excludes halogenated alkanes) is 6. The van der Waals surface area contributed by atoms with Gasteiger partial charge in [0.25, 0.3) is 0 Å². The molecular formula is C17H33NO2. The van der Waals surface area contributed by atoms with Crippen LogP contribution in [-0.4, -0.2) is 37.6 Å². The molecule has 0 bridgehead atoms. The average Bonchev–Trinajstić information content (AvgIpc) is 2.46. The van der Waals surface area contributed by atoms with Crippen molar-refractivity contribution in [2.75, 3.05) is 26.7 Å². The van der Waals surface area contributed by atoms with Crippen molar-refractivity contribution in [3.8, 4) is 0 Å². The van der Waals surface area contributed by atoms with E-state index in [0.29, 0.717) is 18.9 Å². The lowest BCUT2D eigenvalue weighted by molar-refractivity contribution is -0.145. The number of rotatable bonds is 10. The molecule has 3 heteroatoms. The van der Waals surface area contributed by atoms with E-state index in [1.165, 1.54) is 51.4 Å². The molecule has 0 unspecified atom stereocenters. The van der Waals surface area contributed by atoms with E-state index in [2.05, 4.69) is 18.9 Å². The Hall–Kier alpha value is -0.570. The van der Waals surface area contributed by atoms with Gasteiger partial charge in [0.2, 0.25) is 0 Å². The fourth-order valence-corrected chi connectivity index (χ4v) is 2.74. The standard InChI is InChI=1S/C17H33NO2/c1-3-4-5-6-7-8-9-10-17(19)20-15-16-11-13-18(2)14-12-16/h16H,3-15H2,1-2H3.